The number of quaternary nitrogens is 1. The highest BCUT2D eigenvalue weighted by Crippen LogP contribution is 2.23. The van der Waals surface area contributed by atoms with Crippen molar-refractivity contribution in [2.45, 2.75) is 0 Å². The number of benzene rings is 1. The highest BCUT2D eigenvalue weighted by Gasteiger charge is 2.17. The molecule has 132 valence electrons. The molecule has 25 heavy (non-hydrogen) atoms. The highest BCUT2D eigenvalue weighted by atomic mass is 35.5. The predicted molar refractivity (Wildman–Crippen MR) is 95.4 cm³/mol. The van der Waals surface area contributed by atoms with Gasteiger partial charge in [0.15, 0.2) is 6.54 Å². The smallest absolute Gasteiger partial charge is 0.295 e. The molecular weight excluding hydrogens is 344 g/mol. The first-order valence-electron chi connectivity index (χ1n) is 8.03. The average molecular weight is 364 g/mol. The third kappa shape index (κ3) is 4.66. The van der Waals surface area contributed by atoms with Gasteiger partial charge in [-0.2, -0.15) is 5.10 Å². The number of amides is 1. The van der Waals surface area contributed by atoms with E-state index in [0.717, 1.165) is 29.7 Å². The Bertz CT molecular complexity index is 791. The van der Waals surface area contributed by atoms with Gasteiger partial charge in [0, 0.05) is 17.0 Å². The van der Waals surface area contributed by atoms with Gasteiger partial charge < -0.3 is 14.4 Å². The van der Waals surface area contributed by atoms with E-state index in [9.17, 15) is 4.79 Å². The minimum atomic E-state index is -0.136. The molecule has 1 fully saturated rings. The van der Waals surface area contributed by atoms with Crippen molar-refractivity contribution in [3.05, 3.63) is 35.0 Å². The van der Waals surface area contributed by atoms with E-state index in [1.54, 1.807) is 7.11 Å². The normalized spacial score (nSPS) is 15.6. The van der Waals surface area contributed by atoms with Crippen LogP contribution in [0.4, 0.5) is 0 Å². The number of nitrogens with zero attached hydrogens (tertiary/aromatic N) is 2. The van der Waals surface area contributed by atoms with Gasteiger partial charge in [-0.1, -0.05) is 11.6 Å². The molecule has 1 aliphatic rings. The molecule has 1 saturated heterocycles. The SMILES string of the molecule is COc1ccc2cc(/C=N\NC(=O)C[NH+]3CCOCC3)c(Cl)nc2c1. The first-order chi connectivity index (χ1) is 12.2. The monoisotopic (exact) mass is 363 g/mol. The largest absolute Gasteiger partial charge is 0.497 e. The fourth-order valence-corrected chi connectivity index (χ4v) is 2.83. The second-order valence-corrected chi connectivity index (χ2v) is 6.12. The van der Waals surface area contributed by atoms with Crippen LogP contribution in [-0.4, -0.2) is 57.1 Å². The number of fused-ring (bicyclic) bond motifs is 1. The summed E-state index contributed by atoms with van der Waals surface area (Å²) in [7, 11) is 1.60. The number of methoxy groups -OCH3 is 1. The summed E-state index contributed by atoms with van der Waals surface area (Å²) in [5, 5.41) is 5.22. The van der Waals surface area contributed by atoms with E-state index in [0.29, 0.717) is 30.5 Å². The van der Waals surface area contributed by atoms with Crippen molar-refractivity contribution in [3.63, 3.8) is 0 Å². The zero-order valence-corrected chi connectivity index (χ0v) is 14.7. The van der Waals surface area contributed by atoms with Gasteiger partial charge >= 0.3 is 0 Å². The zero-order valence-electron chi connectivity index (χ0n) is 13.9. The standard InChI is InChI=1S/C17H19ClN4O3/c1-24-14-3-2-12-8-13(17(18)20-15(12)9-14)10-19-21-16(23)11-22-4-6-25-7-5-22/h2-3,8-10H,4-7,11H2,1H3,(H,21,23)/p+1/b19-10-. The zero-order chi connectivity index (χ0) is 17.6. The molecule has 0 bridgehead atoms. The minimum Gasteiger partial charge on any atom is -0.497 e. The summed E-state index contributed by atoms with van der Waals surface area (Å²) in [4.78, 5) is 17.5. The van der Waals surface area contributed by atoms with Gasteiger partial charge in [-0.3, -0.25) is 4.79 Å². The molecule has 2 heterocycles. The van der Waals surface area contributed by atoms with Crippen molar-refractivity contribution in [3.8, 4) is 5.75 Å². The molecule has 1 aromatic heterocycles. The lowest BCUT2D eigenvalue weighted by Gasteiger charge is -2.22. The van der Waals surface area contributed by atoms with Gasteiger partial charge in [-0.25, -0.2) is 10.4 Å². The van der Waals surface area contributed by atoms with Crippen molar-refractivity contribution in [1.82, 2.24) is 10.4 Å². The summed E-state index contributed by atoms with van der Waals surface area (Å²) in [6.07, 6.45) is 1.51. The molecule has 1 aliphatic heterocycles. The molecule has 0 radical (unpaired) electrons. The fourth-order valence-electron chi connectivity index (χ4n) is 2.63. The Morgan fingerprint density at radius 2 is 2.24 bits per heavy atom. The lowest BCUT2D eigenvalue weighted by Crippen LogP contribution is -3.15. The van der Waals surface area contributed by atoms with Crippen LogP contribution in [0.1, 0.15) is 5.56 Å². The number of carbonyl (C=O) groups excluding carboxylic acids is 1. The molecule has 1 aromatic carbocycles. The Hall–Kier alpha value is -2.22. The Morgan fingerprint density at radius 3 is 3.00 bits per heavy atom. The molecule has 8 heteroatoms. The van der Waals surface area contributed by atoms with Gasteiger partial charge in [0.25, 0.3) is 5.91 Å². The topological polar surface area (TPSA) is 77.2 Å². The molecule has 0 atom stereocenters. The molecule has 0 unspecified atom stereocenters. The molecular formula is C17H20ClN4O3+. The summed E-state index contributed by atoms with van der Waals surface area (Å²) in [5.74, 6) is 0.582. The Balaban J connectivity index is 1.64. The number of hydrogen-bond donors (Lipinski definition) is 2. The average Bonchev–Trinajstić information content (AvgIpc) is 2.62. The van der Waals surface area contributed by atoms with E-state index >= 15 is 0 Å². The molecule has 0 spiro atoms. The summed E-state index contributed by atoms with van der Waals surface area (Å²) >= 11 is 6.20. The third-order valence-electron chi connectivity index (χ3n) is 4.01. The van der Waals surface area contributed by atoms with Crippen LogP contribution in [0.15, 0.2) is 29.4 Å². The number of hydrogen-bond acceptors (Lipinski definition) is 5. The number of nitrogens with one attached hydrogen (secondary N) is 2. The van der Waals surface area contributed by atoms with Crippen molar-refractivity contribution in [1.29, 1.82) is 0 Å². The quantitative estimate of drug-likeness (QED) is 0.454. The van der Waals surface area contributed by atoms with Gasteiger partial charge in [0.1, 0.15) is 24.0 Å². The number of halogens is 1. The lowest BCUT2D eigenvalue weighted by molar-refractivity contribution is -0.900. The van der Waals surface area contributed by atoms with Crippen molar-refractivity contribution in [2.24, 2.45) is 5.10 Å². The Morgan fingerprint density at radius 1 is 1.44 bits per heavy atom. The summed E-state index contributed by atoms with van der Waals surface area (Å²) in [5.41, 5.74) is 3.91. The van der Waals surface area contributed by atoms with Gasteiger partial charge in [-0.05, 0) is 18.2 Å². The van der Waals surface area contributed by atoms with Crippen molar-refractivity contribution < 1.29 is 19.2 Å². The fraction of sp³-hybridized carbons (Fsp3) is 0.353. The van der Waals surface area contributed by atoms with Gasteiger partial charge in [-0.15, -0.1) is 0 Å². The van der Waals surface area contributed by atoms with E-state index in [2.05, 4.69) is 15.5 Å². The van der Waals surface area contributed by atoms with E-state index in [1.165, 1.54) is 11.1 Å². The summed E-state index contributed by atoms with van der Waals surface area (Å²) in [6.45, 7) is 3.43. The Labute approximate surface area is 150 Å². The van der Waals surface area contributed by atoms with E-state index in [4.69, 9.17) is 21.1 Å². The van der Waals surface area contributed by atoms with Crippen LogP contribution in [0, 0.1) is 0 Å². The first kappa shape index (κ1) is 17.6. The number of hydrazone groups is 1. The van der Waals surface area contributed by atoms with Crippen molar-refractivity contribution >= 4 is 34.6 Å². The second-order valence-electron chi connectivity index (χ2n) is 5.76. The molecule has 3 rings (SSSR count). The maximum Gasteiger partial charge on any atom is 0.295 e. The molecule has 0 saturated carbocycles. The maximum absolute atomic E-state index is 11.9. The van der Waals surface area contributed by atoms with Crippen LogP contribution < -0.4 is 15.1 Å². The van der Waals surface area contributed by atoms with Crippen LogP contribution in [-0.2, 0) is 9.53 Å². The van der Waals surface area contributed by atoms with Crippen LogP contribution in [0.3, 0.4) is 0 Å². The van der Waals surface area contributed by atoms with E-state index in [-0.39, 0.29) is 5.91 Å². The van der Waals surface area contributed by atoms with Crippen LogP contribution >= 0.6 is 11.6 Å². The number of pyridine rings is 1. The number of aromatic nitrogens is 1. The molecule has 2 N–H and O–H groups in total. The lowest BCUT2D eigenvalue weighted by atomic mass is 10.1. The number of ether oxygens (including phenoxy) is 2. The maximum atomic E-state index is 11.9. The van der Waals surface area contributed by atoms with Gasteiger partial charge in [0.05, 0.1) is 32.1 Å². The first-order valence-corrected chi connectivity index (χ1v) is 8.41. The van der Waals surface area contributed by atoms with Crippen LogP contribution in [0.25, 0.3) is 10.9 Å². The van der Waals surface area contributed by atoms with E-state index < -0.39 is 0 Å². The molecule has 0 aliphatic carbocycles. The summed E-state index contributed by atoms with van der Waals surface area (Å²) in [6, 6.07) is 7.43. The number of rotatable bonds is 5. The molecule has 1 amide bonds. The number of morpholine rings is 1. The van der Waals surface area contributed by atoms with Crippen molar-refractivity contribution in [2.75, 3.05) is 40.0 Å². The highest BCUT2D eigenvalue weighted by molar-refractivity contribution is 6.32. The Kier molecular flexibility index (Phi) is 5.80. The minimum absolute atomic E-state index is 0.136. The van der Waals surface area contributed by atoms with E-state index in [1.807, 2.05) is 24.3 Å². The van der Waals surface area contributed by atoms with Crippen LogP contribution in [0.2, 0.25) is 5.15 Å². The van der Waals surface area contributed by atoms with Crippen LogP contribution in [0.5, 0.6) is 5.75 Å². The predicted octanol–water partition coefficient (Wildman–Crippen LogP) is 0.262. The molecule has 7 nitrogen and oxygen atoms in total. The number of carbonyl (C=O) groups is 1. The third-order valence-corrected chi connectivity index (χ3v) is 4.31. The molecule has 2 aromatic rings. The van der Waals surface area contributed by atoms with Gasteiger partial charge in [0.2, 0.25) is 0 Å². The summed E-state index contributed by atoms with van der Waals surface area (Å²) < 4.78 is 10.5. The second kappa shape index (κ2) is 8.24.